The third-order valence-electron chi connectivity index (χ3n) is 4.28. The summed E-state index contributed by atoms with van der Waals surface area (Å²) in [5.74, 6) is -0.359. The number of carbonyl (C=O) groups is 1. The second-order valence-electron chi connectivity index (χ2n) is 5.66. The molecule has 2 aromatic rings. The maximum atomic E-state index is 13.2. The van der Waals surface area contributed by atoms with Crippen molar-refractivity contribution in [2.75, 3.05) is 18.5 Å². The van der Waals surface area contributed by atoms with E-state index in [2.05, 4.69) is 27.9 Å². The van der Waals surface area contributed by atoms with Crippen LogP contribution in [0.15, 0.2) is 48.5 Å². The van der Waals surface area contributed by atoms with Crippen LogP contribution in [-0.4, -0.2) is 19.1 Å². The average Bonchev–Trinajstić information content (AvgIpc) is 2.58. The van der Waals surface area contributed by atoms with Crippen LogP contribution in [-0.2, 0) is 14.9 Å². The topological polar surface area (TPSA) is 38.3 Å². The summed E-state index contributed by atoms with van der Waals surface area (Å²) in [5.41, 5.74) is 0.934. The number of anilines is 1. The molecule has 120 valence electrons. The Morgan fingerprint density at radius 1 is 1.04 bits per heavy atom. The van der Waals surface area contributed by atoms with Crippen LogP contribution in [0, 0.1) is 9.39 Å². The molecule has 23 heavy (non-hydrogen) atoms. The maximum Gasteiger partial charge on any atom is 0.235 e. The van der Waals surface area contributed by atoms with E-state index < -0.39 is 5.41 Å². The predicted octanol–water partition coefficient (Wildman–Crippen LogP) is 4.12. The molecule has 5 heteroatoms. The quantitative estimate of drug-likeness (QED) is 0.752. The number of carbonyl (C=O) groups excluding carboxylic acids is 1. The standard InChI is InChI=1S/C18H17FINO2/c19-14-3-1-13(2-4-14)18(9-11-23-12-10-18)17(22)21-16-7-5-15(20)6-8-16/h1-8H,9-12H2,(H,21,22). The Bertz CT molecular complexity index is 679. The van der Waals surface area contributed by atoms with Gasteiger partial charge in [-0.25, -0.2) is 4.39 Å². The minimum absolute atomic E-state index is 0.0615. The predicted molar refractivity (Wildman–Crippen MR) is 95.9 cm³/mol. The third kappa shape index (κ3) is 3.55. The number of amides is 1. The SMILES string of the molecule is O=C(Nc1ccc(I)cc1)C1(c2ccc(F)cc2)CCOCC1. The number of rotatable bonds is 3. The molecule has 2 aromatic carbocycles. The highest BCUT2D eigenvalue weighted by Crippen LogP contribution is 2.36. The summed E-state index contributed by atoms with van der Waals surface area (Å²) in [6.45, 7) is 1.05. The highest BCUT2D eigenvalue weighted by atomic mass is 127. The first-order chi connectivity index (χ1) is 11.1. The van der Waals surface area contributed by atoms with Crippen LogP contribution in [0.3, 0.4) is 0 Å². The van der Waals surface area contributed by atoms with Crippen LogP contribution in [0.5, 0.6) is 0 Å². The Hall–Kier alpha value is -1.47. The molecular weight excluding hydrogens is 408 g/mol. The number of hydrogen-bond acceptors (Lipinski definition) is 2. The van der Waals surface area contributed by atoms with Crippen molar-refractivity contribution in [1.82, 2.24) is 0 Å². The monoisotopic (exact) mass is 425 g/mol. The van der Waals surface area contributed by atoms with E-state index >= 15 is 0 Å². The molecule has 1 aliphatic rings. The summed E-state index contributed by atoms with van der Waals surface area (Å²) in [4.78, 5) is 13.0. The van der Waals surface area contributed by atoms with Gasteiger partial charge in [0, 0.05) is 22.5 Å². The Labute approximate surface area is 148 Å². The summed E-state index contributed by atoms with van der Waals surface area (Å²) < 4.78 is 19.8. The molecular formula is C18H17FINO2. The highest BCUT2D eigenvalue weighted by molar-refractivity contribution is 14.1. The zero-order chi connectivity index (χ0) is 16.3. The molecule has 1 aliphatic heterocycles. The molecule has 3 nitrogen and oxygen atoms in total. The van der Waals surface area contributed by atoms with E-state index in [-0.39, 0.29) is 11.7 Å². The maximum absolute atomic E-state index is 13.2. The molecule has 0 spiro atoms. The van der Waals surface area contributed by atoms with Crippen molar-refractivity contribution in [2.45, 2.75) is 18.3 Å². The Balaban J connectivity index is 1.90. The van der Waals surface area contributed by atoms with Gasteiger partial charge >= 0.3 is 0 Å². The van der Waals surface area contributed by atoms with Gasteiger partial charge in [-0.2, -0.15) is 0 Å². The molecule has 0 unspecified atom stereocenters. The van der Waals surface area contributed by atoms with Gasteiger partial charge in [-0.3, -0.25) is 4.79 Å². The van der Waals surface area contributed by atoms with Crippen LogP contribution >= 0.6 is 22.6 Å². The van der Waals surface area contributed by atoms with Crippen molar-refractivity contribution in [2.24, 2.45) is 0 Å². The number of halogens is 2. The van der Waals surface area contributed by atoms with Gasteiger partial charge in [-0.05, 0) is 77.4 Å². The molecule has 1 saturated heterocycles. The highest BCUT2D eigenvalue weighted by Gasteiger charge is 2.41. The number of ether oxygens (including phenoxy) is 1. The van der Waals surface area contributed by atoms with Crippen molar-refractivity contribution < 1.29 is 13.9 Å². The first-order valence-electron chi connectivity index (χ1n) is 7.51. The summed E-state index contributed by atoms with van der Waals surface area (Å²) in [6, 6.07) is 13.9. The third-order valence-corrected chi connectivity index (χ3v) is 5.00. The minimum atomic E-state index is -0.672. The molecule has 0 saturated carbocycles. The van der Waals surface area contributed by atoms with Gasteiger partial charge in [0.25, 0.3) is 0 Å². The van der Waals surface area contributed by atoms with E-state index in [4.69, 9.17) is 4.74 Å². The summed E-state index contributed by atoms with van der Waals surface area (Å²) in [5, 5.41) is 3.00. The van der Waals surface area contributed by atoms with Gasteiger partial charge in [0.05, 0.1) is 5.41 Å². The van der Waals surface area contributed by atoms with E-state index in [1.165, 1.54) is 12.1 Å². The fraction of sp³-hybridized carbons (Fsp3) is 0.278. The second kappa shape index (κ2) is 6.97. The zero-order valence-electron chi connectivity index (χ0n) is 12.5. The van der Waals surface area contributed by atoms with E-state index in [1.807, 2.05) is 24.3 Å². The molecule has 1 N–H and O–H groups in total. The van der Waals surface area contributed by atoms with E-state index in [1.54, 1.807) is 12.1 Å². The molecule has 0 atom stereocenters. The molecule has 1 fully saturated rings. The lowest BCUT2D eigenvalue weighted by Gasteiger charge is -2.36. The van der Waals surface area contributed by atoms with Crippen LogP contribution in [0.1, 0.15) is 18.4 Å². The Morgan fingerprint density at radius 2 is 1.65 bits per heavy atom. The van der Waals surface area contributed by atoms with Crippen molar-refractivity contribution in [3.05, 3.63) is 63.5 Å². The molecule has 1 amide bonds. The van der Waals surface area contributed by atoms with Crippen molar-refractivity contribution in [3.8, 4) is 0 Å². The fourth-order valence-corrected chi connectivity index (χ4v) is 3.28. The van der Waals surface area contributed by atoms with E-state index in [9.17, 15) is 9.18 Å². The first kappa shape index (κ1) is 16.4. The smallest absolute Gasteiger partial charge is 0.235 e. The first-order valence-corrected chi connectivity index (χ1v) is 8.59. The van der Waals surface area contributed by atoms with Gasteiger partial charge in [0.15, 0.2) is 0 Å². The van der Waals surface area contributed by atoms with Gasteiger partial charge in [-0.15, -0.1) is 0 Å². The molecule has 0 bridgehead atoms. The number of nitrogens with one attached hydrogen (secondary N) is 1. The lowest BCUT2D eigenvalue weighted by molar-refractivity contribution is -0.125. The van der Waals surface area contributed by atoms with Crippen LogP contribution in [0.4, 0.5) is 10.1 Å². The average molecular weight is 425 g/mol. The van der Waals surface area contributed by atoms with Crippen LogP contribution < -0.4 is 5.32 Å². The Morgan fingerprint density at radius 3 is 2.26 bits per heavy atom. The molecule has 3 rings (SSSR count). The molecule has 0 aliphatic carbocycles. The van der Waals surface area contributed by atoms with Crippen molar-refractivity contribution in [3.63, 3.8) is 0 Å². The summed E-state index contributed by atoms with van der Waals surface area (Å²) in [7, 11) is 0. The van der Waals surface area contributed by atoms with Gasteiger partial charge in [0.1, 0.15) is 5.82 Å². The van der Waals surface area contributed by atoms with Gasteiger partial charge < -0.3 is 10.1 Å². The van der Waals surface area contributed by atoms with Crippen molar-refractivity contribution >= 4 is 34.2 Å². The van der Waals surface area contributed by atoms with Crippen LogP contribution in [0.2, 0.25) is 0 Å². The van der Waals surface area contributed by atoms with Crippen molar-refractivity contribution in [1.29, 1.82) is 0 Å². The van der Waals surface area contributed by atoms with Crippen LogP contribution in [0.25, 0.3) is 0 Å². The van der Waals surface area contributed by atoms with Gasteiger partial charge in [0.2, 0.25) is 5.91 Å². The second-order valence-corrected chi connectivity index (χ2v) is 6.91. The fourth-order valence-electron chi connectivity index (χ4n) is 2.92. The summed E-state index contributed by atoms with van der Waals surface area (Å²) in [6.07, 6.45) is 1.18. The minimum Gasteiger partial charge on any atom is -0.381 e. The van der Waals surface area contributed by atoms with Gasteiger partial charge in [-0.1, -0.05) is 12.1 Å². The number of hydrogen-bond donors (Lipinski definition) is 1. The normalized spacial score (nSPS) is 16.8. The lowest BCUT2D eigenvalue weighted by atomic mass is 9.73. The zero-order valence-corrected chi connectivity index (χ0v) is 14.7. The summed E-state index contributed by atoms with van der Waals surface area (Å²) >= 11 is 2.22. The number of benzene rings is 2. The van der Waals surface area contributed by atoms with E-state index in [0.29, 0.717) is 26.1 Å². The largest absolute Gasteiger partial charge is 0.381 e. The lowest BCUT2D eigenvalue weighted by Crippen LogP contribution is -2.44. The molecule has 0 radical (unpaired) electrons. The molecule has 0 aromatic heterocycles. The van der Waals surface area contributed by atoms with E-state index in [0.717, 1.165) is 14.8 Å². The molecule has 1 heterocycles. The Kier molecular flexibility index (Phi) is 4.96.